The summed E-state index contributed by atoms with van der Waals surface area (Å²) in [6.07, 6.45) is 8.25. The van der Waals surface area contributed by atoms with Gasteiger partial charge in [-0.05, 0) is 41.6 Å². The minimum Gasteiger partial charge on any atom is -0.256 e. The van der Waals surface area contributed by atoms with E-state index in [0.717, 1.165) is 5.52 Å². The molecule has 0 unspecified atom stereocenters. The van der Waals surface area contributed by atoms with Gasteiger partial charge in [0.2, 0.25) is 0 Å². The fourth-order valence-corrected chi connectivity index (χ4v) is 2.57. The first-order valence-corrected chi connectivity index (χ1v) is 7.75. The van der Waals surface area contributed by atoms with Crippen LogP contribution in [-0.2, 0) is 0 Å². The summed E-state index contributed by atoms with van der Waals surface area (Å²) in [5, 5.41) is 1.19. The second-order valence-electron chi connectivity index (χ2n) is 4.52. The van der Waals surface area contributed by atoms with Crippen LogP contribution >= 0.6 is 11.8 Å². The lowest BCUT2D eigenvalue weighted by atomic mass is 10.1. The van der Waals surface area contributed by atoms with Crippen molar-refractivity contribution in [2.45, 2.75) is 4.90 Å². The van der Waals surface area contributed by atoms with Gasteiger partial charge in [-0.25, -0.2) is 0 Å². The second-order valence-corrected chi connectivity index (χ2v) is 5.40. The third-order valence-electron chi connectivity index (χ3n) is 3.25. The highest BCUT2D eigenvalue weighted by Crippen LogP contribution is 2.20. The molecule has 0 amide bonds. The van der Waals surface area contributed by atoms with Crippen molar-refractivity contribution in [3.63, 3.8) is 0 Å². The quantitative estimate of drug-likeness (QED) is 0.616. The lowest BCUT2D eigenvalue weighted by Gasteiger charge is -2.01. The van der Waals surface area contributed by atoms with E-state index in [2.05, 4.69) is 65.9 Å². The number of fused-ring (bicyclic) bond motifs is 1. The van der Waals surface area contributed by atoms with Gasteiger partial charge >= 0.3 is 0 Å². The molecule has 0 aliphatic rings. The van der Waals surface area contributed by atoms with Crippen LogP contribution in [0.15, 0.2) is 65.7 Å². The maximum atomic E-state index is 4.38. The molecule has 3 aromatic rings. The summed E-state index contributed by atoms with van der Waals surface area (Å²) in [4.78, 5) is 5.67. The van der Waals surface area contributed by atoms with Crippen LogP contribution in [-0.4, -0.2) is 11.2 Å². The van der Waals surface area contributed by atoms with Crippen LogP contribution in [0, 0.1) is 0 Å². The Morgan fingerprint density at radius 3 is 2.50 bits per heavy atom. The summed E-state index contributed by atoms with van der Waals surface area (Å²) in [6, 6.07) is 18.9. The van der Waals surface area contributed by atoms with E-state index in [9.17, 15) is 0 Å². The number of rotatable bonds is 3. The van der Waals surface area contributed by atoms with Crippen molar-refractivity contribution >= 4 is 34.8 Å². The maximum absolute atomic E-state index is 4.38. The first kappa shape index (κ1) is 12.9. The normalized spacial score (nSPS) is 11.2. The van der Waals surface area contributed by atoms with E-state index in [0.29, 0.717) is 0 Å². The lowest BCUT2D eigenvalue weighted by molar-refractivity contribution is 1.41. The van der Waals surface area contributed by atoms with Crippen molar-refractivity contribution in [2.75, 3.05) is 6.26 Å². The zero-order valence-corrected chi connectivity index (χ0v) is 12.1. The number of para-hydroxylation sites is 1. The Labute approximate surface area is 123 Å². The van der Waals surface area contributed by atoms with Crippen LogP contribution in [0.3, 0.4) is 0 Å². The molecule has 0 bridgehead atoms. The zero-order valence-electron chi connectivity index (χ0n) is 11.3. The molecular weight excluding hydrogens is 262 g/mol. The van der Waals surface area contributed by atoms with Crippen molar-refractivity contribution in [3.05, 3.63) is 71.9 Å². The van der Waals surface area contributed by atoms with Gasteiger partial charge in [-0.15, -0.1) is 11.8 Å². The lowest BCUT2D eigenvalue weighted by Crippen LogP contribution is -1.81. The summed E-state index contributed by atoms with van der Waals surface area (Å²) >= 11 is 1.76. The molecule has 0 N–H and O–H groups in total. The molecule has 20 heavy (non-hydrogen) atoms. The number of hydrogen-bond acceptors (Lipinski definition) is 2. The molecule has 0 aliphatic heterocycles. The van der Waals surface area contributed by atoms with Gasteiger partial charge in [0.1, 0.15) is 0 Å². The molecule has 2 aromatic carbocycles. The summed E-state index contributed by atoms with van der Waals surface area (Å²) < 4.78 is 0. The molecule has 0 fully saturated rings. The summed E-state index contributed by atoms with van der Waals surface area (Å²) in [5.74, 6) is 0. The average Bonchev–Trinajstić information content (AvgIpc) is 2.53. The molecule has 98 valence electrons. The Balaban J connectivity index is 1.93. The molecule has 3 rings (SSSR count). The van der Waals surface area contributed by atoms with Crippen LogP contribution in [0.1, 0.15) is 11.1 Å². The summed E-state index contributed by atoms with van der Waals surface area (Å²) in [5.41, 5.74) is 3.45. The molecular formula is C18H15NS. The van der Waals surface area contributed by atoms with Gasteiger partial charge in [-0.3, -0.25) is 4.98 Å². The number of nitrogens with zero attached hydrogens (tertiary/aromatic N) is 1. The molecule has 0 saturated carbocycles. The van der Waals surface area contributed by atoms with Crippen molar-refractivity contribution in [2.24, 2.45) is 0 Å². The first-order chi connectivity index (χ1) is 9.86. The van der Waals surface area contributed by atoms with E-state index in [4.69, 9.17) is 0 Å². The van der Waals surface area contributed by atoms with Gasteiger partial charge in [0, 0.05) is 16.5 Å². The van der Waals surface area contributed by atoms with Crippen molar-refractivity contribution < 1.29 is 0 Å². The van der Waals surface area contributed by atoms with Gasteiger partial charge in [-0.1, -0.05) is 42.5 Å². The fourth-order valence-electron chi connectivity index (χ4n) is 2.16. The van der Waals surface area contributed by atoms with Crippen LogP contribution in [0.2, 0.25) is 0 Å². The molecule has 0 atom stereocenters. The molecule has 1 aromatic heterocycles. The van der Waals surface area contributed by atoms with Crippen LogP contribution in [0.25, 0.3) is 23.1 Å². The fraction of sp³-hybridized carbons (Fsp3) is 0.0556. The highest BCUT2D eigenvalue weighted by atomic mass is 32.2. The smallest absolute Gasteiger partial charge is 0.0707 e. The van der Waals surface area contributed by atoms with Gasteiger partial charge in [0.15, 0.2) is 0 Å². The molecule has 2 heteroatoms. The molecule has 1 nitrogen and oxygen atoms in total. The van der Waals surface area contributed by atoms with E-state index in [1.165, 1.54) is 21.4 Å². The Bertz CT molecular complexity index is 739. The Morgan fingerprint density at radius 2 is 1.70 bits per heavy atom. The minimum atomic E-state index is 1.03. The van der Waals surface area contributed by atoms with Crippen molar-refractivity contribution in [3.8, 4) is 0 Å². The molecule has 1 heterocycles. The zero-order chi connectivity index (χ0) is 13.8. The van der Waals surface area contributed by atoms with Crippen LogP contribution in [0.4, 0.5) is 0 Å². The predicted octanol–water partition coefficient (Wildman–Crippen LogP) is 5.13. The largest absolute Gasteiger partial charge is 0.256 e. The number of thioether (sulfide) groups is 1. The number of aromatic nitrogens is 1. The number of benzene rings is 2. The third-order valence-corrected chi connectivity index (χ3v) is 4.00. The Morgan fingerprint density at radius 1 is 0.900 bits per heavy atom. The molecule has 0 spiro atoms. The van der Waals surface area contributed by atoms with E-state index in [1.54, 1.807) is 11.8 Å². The van der Waals surface area contributed by atoms with E-state index in [-0.39, 0.29) is 0 Å². The van der Waals surface area contributed by atoms with E-state index < -0.39 is 0 Å². The molecule has 0 aliphatic carbocycles. The average molecular weight is 277 g/mol. The van der Waals surface area contributed by atoms with Gasteiger partial charge in [0.05, 0.1) is 5.52 Å². The second kappa shape index (κ2) is 5.93. The monoisotopic (exact) mass is 277 g/mol. The Kier molecular flexibility index (Phi) is 3.84. The number of hydrogen-bond donors (Lipinski definition) is 0. The highest BCUT2D eigenvalue weighted by molar-refractivity contribution is 7.98. The topological polar surface area (TPSA) is 12.9 Å². The minimum absolute atomic E-state index is 1.03. The summed E-state index contributed by atoms with van der Waals surface area (Å²) in [6.45, 7) is 0. The van der Waals surface area contributed by atoms with Crippen LogP contribution in [0.5, 0.6) is 0 Å². The summed E-state index contributed by atoms with van der Waals surface area (Å²) in [7, 11) is 0. The first-order valence-electron chi connectivity index (χ1n) is 6.53. The Hall–Kier alpha value is -2.06. The molecule has 0 saturated heterocycles. The highest BCUT2D eigenvalue weighted by Gasteiger charge is 1.97. The van der Waals surface area contributed by atoms with Gasteiger partial charge in [0.25, 0.3) is 0 Å². The van der Waals surface area contributed by atoms with Crippen molar-refractivity contribution in [1.82, 2.24) is 4.98 Å². The van der Waals surface area contributed by atoms with Gasteiger partial charge < -0.3 is 0 Å². The van der Waals surface area contributed by atoms with Gasteiger partial charge in [-0.2, -0.15) is 0 Å². The van der Waals surface area contributed by atoms with Crippen molar-refractivity contribution in [1.29, 1.82) is 0 Å². The maximum Gasteiger partial charge on any atom is 0.0707 e. The standard InChI is InChI=1S/C18H15NS/c1-20-16-10-7-14(8-11-16)6-9-15-12-13-19-18-5-3-2-4-17(15)18/h2-13H,1H3. The number of pyridine rings is 1. The third kappa shape index (κ3) is 2.75. The predicted molar refractivity (Wildman–Crippen MR) is 88.9 cm³/mol. The SMILES string of the molecule is CSc1ccc(C=Cc2ccnc3ccccc23)cc1. The van der Waals surface area contributed by atoms with E-state index >= 15 is 0 Å². The van der Waals surface area contributed by atoms with Crippen LogP contribution < -0.4 is 0 Å². The molecule has 0 radical (unpaired) electrons. The van der Waals surface area contributed by atoms with E-state index in [1.807, 2.05) is 18.3 Å².